The molecule has 0 bridgehead atoms. The average Bonchev–Trinajstić information content (AvgIpc) is 3.10. The number of carbonyl (C=O) groups excluding carboxylic acids is 1. The molecule has 7 nitrogen and oxygen atoms in total. The van der Waals surface area contributed by atoms with Crippen molar-refractivity contribution in [1.82, 2.24) is 25.1 Å². The minimum absolute atomic E-state index is 0.0188. The third-order valence-electron chi connectivity index (χ3n) is 4.57. The minimum atomic E-state index is 0.0188. The number of ether oxygens (including phenoxy) is 1. The fraction of sp³-hybridized carbons (Fsp3) is 0.263. The van der Waals surface area contributed by atoms with E-state index in [4.69, 9.17) is 4.74 Å². The van der Waals surface area contributed by atoms with Crippen molar-refractivity contribution in [3.63, 3.8) is 0 Å². The molecule has 3 aromatic rings. The summed E-state index contributed by atoms with van der Waals surface area (Å²) in [6, 6.07) is 15.5. The number of aromatic nitrogens is 4. The van der Waals surface area contributed by atoms with E-state index < -0.39 is 0 Å². The number of aryl methyl sites for hydroxylation is 1. The maximum Gasteiger partial charge on any atom is 0.254 e. The maximum atomic E-state index is 12.9. The molecule has 132 valence electrons. The average molecular weight is 349 g/mol. The Kier molecular flexibility index (Phi) is 4.35. The van der Waals surface area contributed by atoms with Gasteiger partial charge >= 0.3 is 0 Å². The van der Waals surface area contributed by atoms with Crippen molar-refractivity contribution >= 4 is 5.91 Å². The van der Waals surface area contributed by atoms with Crippen LogP contribution in [0.25, 0.3) is 0 Å². The fourth-order valence-electron chi connectivity index (χ4n) is 3.09. The smallest absolute Gasteiger partial charge is 0.254 e. The molecule has 0 aliphatic carbocycles. The van der Waals surface area contributed by atoms with Crippen molar-refractivity contribution in [2.45, 2.75) is 19.6 Å². The van der Waals surface area contributed by atoms with E-state index in [0.29, 0.717) is 23.7 Å². The van der Waals surface area contributed by atoms with Crippen LogP contribution in [0.3, 0.4) is 0 Å². The van der Waals surface area contributed by atoms with Gasteiger partial charge in [-0.2, -0.15) is 0 Å². The van der Waals surface area contributed by atoms with Crippen molar-refractivity contribution in [2.24, 2.45) is 7.05 Å². The highest BCUT2D eigenvalue weighted by molar-refractivity contribution is 5.94. The van der Waals surface area contributed by atoms with Gasteiger partial charge in [-0.15, -0.1) is 5.10 Å². The molecule has 7 heteroatoms. The van der Waals surface area contributed by atoms with Crippen LogP contribution >= 0.6 is 0 Å². The number of amides is 1. The number of tetrazole rings is 1. The normalized spacial score (nSPS) is 13.3. The standard InChI is InChI=1S/C19H19N5O2/c1-23-18(20-21-22-23)13-26-17-8-4-7-15(11-17)19(25)24-10-9-14-5-2-3-6-16(14)12-24/h2-8,11H,9-10,12-13H2,1H3. The van der Waals surface area contributed by atoms with Gasteiger partial charge < -0.3 is 9.64 Å². The van der Waals surface area contributed by atoms with E-state index in [1.54, 1.807) is 17.8 Å². The number of hydrogen-bond acceptors (Lipinski definition) is 5. The van der Waals surface area contributed by atoms with E-state index in [1.165, 1.54) is 11.1 Å². The lowest BCUT2D eigenvalue weighted by molar-refractivity contribution is 0.0734. The molecular formula is C19H19N5O2. The molecule has 0 saturated carbocycles. The molecule has 4 rings (SSSR count). The number of hydrogen-bond donors (Lipinski definition) is 0. The zero-order valence-corrected chi connectivity index (χ0v) is 14.5. The summed E-state index contributed by atoms with van der Waals surface area (Å²) in [5, 5.41) is 11.2. The van der Waals surface area contributed by atoms with Crippen LogP contribution in [0.15, 0.2) is 48.5 Å². The Morgan fingerprint density at radius 2 is 2.00 bits per heavy atom. The summed E-state index contributed by atoms with van der Waals surface area (Å²) < 4.78 is 7.29. The second-order valence-electron chi connectivity index (χ2n) is 6.28. The first kappa shape index (κ1) is 16.3. The van der Waals surface area contributed by atoms with Crippen LogP contribution in [0.5, 0.6) is 5.75 Å². The van der Waals surface area contributed by atoms with Gasteiger partial charge in [0.1, 0.15) is 12.4 Å². The topological polar surface area (TPSA) is 73.1 Å². The monoisotopic (exact) mass is 349 g/mol. The number of nitrogens with zero attached hydrogens (tertiary/aromatic N) is 5. The summed E-state index contributed by atoms with van der Waals surface area (Å²) in [5.41, 5.74) is 3.16. The molecule has 2 aromatic carbocycles. The Morgan fingerprint density at radius 1 is 1.15 bits per heavy atom. The predicted molar refractivity (Wildman–Crippen MR) is 94.5 cm³/mol. The largest absolute Gasteiger partial charge is 0.486 e. The first-order valence-corrected chi connectivity index (χ1v) is 8.51. The number of carbonyl (C=O) groups is 1. The van der Waals surface area contributed by atoms with Crippen LogP contribution in [0, 0.1) is 0 Å². The second-order valence-corrected chi connectivity index (χ2v) is 6.28. The Labute approximate surface area is 151 Å². The Balaban J connectivity index is 1.46. The quantitative estimate of drug-likeness (QED) is 0.720. The zero-order valence-electron chi connectivity index (χ0n) is 14.5. The number of fused-ring (bicyclic) bond motifs is 1. The highest BCUT2D eigenvalue weighted by Crippen LogP contribution is 2.22. The summed E-state index contributed by atoms with van der Waals surface area (Å²) in [6.07, 6.45) is 0.886. The van der Waals surface area contributed by atoms with Crippen molar-refractivity contribution in [3.05, 3.63) is 71.0 Å². The van der Waals surface area contributed by atoms with Gasteiger partial charge in [0.15, 0.2) is 5.82 Å². The minimum Gasteiger partial charge on any atom is -0.486 e. The fourth-order valence-corrected chi connectivity index (χ4v) is 3.09. The lowest BCUT2D eigenvalue weighted by Crippen LogP contribution is -2.35. The Bertz CT molecular complexity index is 937. The predicted octanol–water partition coefficient (Wildman–Crippen LogP) is 1.99. The van der Waals surface area contributed by atoms with E-state index in [0.717, 1.165) is 13.0 Å². The summed E-state index contributed by atoms with van der Waals surface area (Å²) in [5.74, 6) is 1.26. The summed E-state index contributed by atoms with van der Waals surface area (Å²) >= 11 is 0. The van der Waals surface area contributed by atoms with Crippen molar-refractivity contribution in [3.8, 4) is 5.75 Å². The van der Waals surface area contributed by atoms with Gasteiger partial charge in [0.25, 0.3) is 5.91 Å². The molecule has 0 N–H and O–H groups in total. The van der Waals surface area contributed by atoms with Gasteiger partial charge in [-0.1, -0.05) is 30.3 Å². The van der Waals surface area contributed by atoms with Crippen LogP contribution in [0.1, 0.15) is 27.3 Å². The second kappa shape index (κ2) is 6.95. The van der Waals surface area contributed by atoms with E-state index in [1.807, 2.05) is 35.2 Å². The van der Waals surface area contributed by atoms with Crippen LogP contribution in [0.4, 0.5) is 0 Å². The molecule has 0 unspecified atom stereocenters. The van der Waals surface area contributed by atoms with Gasteiger partial charge in [-0.05, 0) is 46.2 Å². The maximum absolute atomic E-state index is 12.9. The van der Waals surface area contributed by atoms with Gasteiger partial charge in [0.05, 0.1) is 0 Å². The SMILES string of the molecule is Cn1nnnc1COc1cccc(C(=O)N2CCc3ccccc3C2)c1. The highest BCUT2D eigenvalue weighted by atomic mass is 16.5. The first-order valence-electron chi connectivity index (χ1n) is 8.51. The van der Waals surface area contributed by atoms with Crippen LogP contribution in [-0.2, 0) is 26.6 Å². The van der Waals surface area contributed by atoms with E-state index in [2.05, 4.69) is 27.7 Å². The highest BCUT2D eigenvalue weighted by Gasteiger charge is 2.21. The molecule has 0 atom stereocenters. The van der Waals surface area contributed by atoms with E-state index >= 15 is 0 Å². The third kappa shape index (κ3) is 3.28. The zero-order chi connectivity index (χ0) is 17.9. The molecule has 1 aliphatic rings. The molecule has 1 amide bonds. The number of benzene rings is 2. The van der Waals surface area contributed by atoms with Crippen molar-refractivity contribution < 1.29 is 9.53 Å². The number of rotatable bonds is 4. The lowest BCUT2D eigenvalue weighted by Gasteiger charge is -2.29. The molecule has 0 spiro atoms. The molecule has 0 radical (unpaired) electrons. The van der Waals surface area contributed by atoms with Gasteiger partial charge in [0.2, 0.25) is 0 Å². The molecule has 0 saturated heterocycles. The molecule has 1 aromatic heterocycles. The third-order valence-corrected chi connectivity index (χ3v) is 4.57. The summed E-state index contributed by atoms with van der Waals surface area (Å²) in [7, 11) is 1.76. The molecule has 1 aliphatic heterocycles. The summed E-state index contributed by atoms with van der Waals surface area (Å²) in [4.78, 5) is 14.8. The first-order chi connectivity index (χ1) is 12.7. The van der Waals surface area contributed by atoms with Crippen LogP contribution in [-0.4, -0.2) is 37.6 Å². The van der Waals surface area contributed by atoms with Crippen LogP contribution in [0.2, 0.25) is 0 Å². The Morgan fingerprint density at radius 3 is 2.81 bits per heavy atom. The van der Waals surface area contributed by atoms with Gasteiger partial charge in [-0.3, -0.25) is 4.79 Å². The van der Waals surface area contributed by atoms with E-state index in [9.17, 15) is 4.79 Å². The molecular weight excluding hydrogens is 330 g/mol. The molecule has 2 heterocycles. The van der Waals surface area contributed by atoms with Crippen molar-refractivity contribution in [2.75, 3.05) is 6.54 Å². The van der Waals surface area contributed by atoms with Crippen LogP contribution < -0.4 is 4.74 Å². The Hall–Kier alpha value is -3.22. The molecule has 0 fully saturated rings. The van der Waals surface area contributed by atoms with Crippen molar-refractivity contribution in [1.29, 1.82) is 0 Å². The van der Waals surface area contributed by atoms with E-state index in [-0.39, 0.29) is 12.5 Å². The van der Waals surface area contributed by atoms with Gasteiger partial charge in [-0.25, -0.2) is 4.68 Å². The van der Waals surface area contributed by atoms with Gasteiger partial charge in [0, 0.05) is 25.7 Å². The summed E-state index contributed by atoms with van der Waals surface area (Å²) in [6.45, 7) is 1.62. The molecule has 26 heavy (non-hydrogen) atoms. The lowest BCUT2D eigenvalue weighted by atomic mass is 9.99.